The number of anilines is 1. The minimum absolute atomic E-state index is 0.415. The second-order valence-electron chi connectivity index (χ2n) is 4.45. The van der Waals surface area contributed by atoms with Gasteiger partial charge in [-0.1, -0.05) is 42.5 Å². The number of esters is 1. The lowest BCUT2D eigenvalue weighted by Crippen LogP contribution is -2.24. The minimum atomic E-state index is -1.41. The number of aliphatic hydroxyl groups is 1. The average molecular weight is 364 g/mol. The van der Waals surface area contributed by atoms with E-state index in [4.69, 9.17) is 4.74 Å². The third-order valence-electron chi connectivity index (χ3n) is 2.83. The summed E-state index contributed by atoms with van der Waals surface area (Å²) in [6.07, 6.45) is -1.41. The van der Waals surface area contributed by atoms with Crippen LogP contribution in [0.1, 0.15) is 11.7 Å². The van der Waals surface area contributed by atoms with E-state index < -0.39 is 24.6 Å². The van der Waals surface area contributed by atoms with Gasteiger partial charge in [0.25, 0.3) is 5.91 Å². The summed E-state index contributed by atoms with van der Waals surface area (Å²) in [7, 11) is 0. The lowest BCUT2D eigenvalue weighted by Gasteiger charge is -2.11. The van der Waals surface area contributed by atoms with Crippen molar-refractivity contribution in [3.05, 3.63) is 64.6 Å². The van der Waals surface area contributed by atoms with Crippen molar-refractivity contribution in [1.29, 1.82) is 0 Å². The van der Waals surface area contributed by atoms with Gasteiger partial charge in [0.2, 0.25) is 0 Å². The fraction of sp³-hybridized carbons (Fsp3) is 0.125. The van der Waals surface area contributed by atoms with E-state index in [0.29, 0.717) is 11.3 Å². The molecule has 0 bridgehead atoms. The largest absolute Gasteiger partial charge is 0.453 e. The molecule has 0 aliphatic heterocycles. The monoisotopic (exact) mass is 363 g/mol. The molecule has 0 aromatic heterocycles. The highest BCUT2D eigenvalue weighted by Gasteiger charge is 2.19. The van der Waals surface area contributed by atoms with Crippen LogP contribution in [-0.2, 0) is 14.3 Å². The number of aliphatic hydroxyl groups excluding tert-OH is 1. The number of nitrogens with one attached hydrogen (secondary N) is 1. The van der Waals surface area contributed by atoms with Crippen LogP contribution in [0.15, 0.2) is 59.1 Å². The van der Waals surface area contributed by atoms with Crippen LogP contribution in [0.25, 0.3) is 0 Å². The molecular formula is C16H14BrNO4. The van der Waals surface area contributed by atoms with Gasteiger partial charge < -0.3 is 15.2 Å². The maximum absolute atomic E-state index is 11.7. The standard InChI is InChI=1S/C16H14BrNO4/c17-12-8-4-5-9-13(12)18-14(19)10-22-16(21)15(20)11-6-2-1-3-7-11/h1-9,15,20H,10H2,(H,18,19)/t15-/m0/s1. The first-order valence-electron chi connectivity index (χ1n) is 6.52. The topological polar surface area (TPSA) is 75.6 Å². The Morgan fingerprint density at radius 1 is 1.09 bits per heavy atom. The number of halogens is 1. The molecule has 1 amide bonds. The fourth-order valence-corrected chi connectivity index (χ4v) is 2.12. The fourth-order valence-electron chi connectivity index (χ4n) is 1.74. The van der Waals surface area contributed by atoms with E-state index in [1.807, 2.05) is 6.07 Å². The summed E-state index contributed by atoms with van der Waals surface area (Å²) in [5.41, 5.74) is 0.992. The van der Waals surface area contributed by atoms with Crippen LogP contribution in [-0.4, -0.2) is 23.6 Å². The van der Waals surface area contributed by atoms with E-state index in [2.05, 4.69) is 21.2 Å². The second kappa shape index (κ2) is 7.72. The van der Waals surface area contributed by atoms with Gasteiger partial charge in [0.15, 0.2) is 12.7 Å². The Kier molecular flexibility index (Phi) is 5.68. The number of carbonyl (C=O) groups is 2. The quantitative estimate of drug-likeness (QED) is 0.800. The summed E-state index contributed by atoms with van der Waals surface area (Å²) in [6.45, 7) is -0.468. The first-order chi connectivity index (χ1) is 10.6. The van der Waals surface area contributed by atoms with Crippen LogP contribution in [0.2, 0.25) is 0 Å². The maximum Gasteiger partial charge on any atom is 0.340 e. The molecular weight excluding hydrogens is 350 g/mol. The molecule has 114 valence electrons. The Morgan fingerprint density at radius 3 is 2.41 bits per heavy atom. The molecule has 0 radical (unpaired) electrons. The van der Waals surface area contributed by atoms with Gasteiger partial charge in [0.1, 0.15) is 0 Å². The number of amides is 1. The highest BCUT2D eigenvalue weighted by molar-refractivity contribution is 9.10. The number of para-hydroxylation sites is 1. The molecule has 0 aliphatic rings. The van der Waals surface area contributed by atoms with Crippen LogP contribution in [0.5, 0.6) is 0 Å². The number of ether oxygens (including phenoxy) is 1. The first kappa shape index (κ1) is 16.2. The summed E-state index contributed by atoms with van der Waals surface area (Å²) in [5.74, 6) is -1.35. The molecule has 0 fully saturated rings. The number of rotatable bonds is 5. The van der Waals surface area contributed by atoms with E-state index >= 15 is 0 Å². The average Bonchev–Trinajstić information content (AvgIpc) is 2.55. The molecule has 0 saturated carbocycles. The minimum Gasteiger partial charge on any atom is -0.453 e. The van der Waals surface area contributed by atoms with Crippen molar-refractivity contribution >= 4 is 33.5 Å². The number of carbonyl (C=O) groups excluding carboxylic acids is 2. The van der Waals surface area contributed by atoms with Crippen molar-refractivity contribution < 1.29 is 19.4 Å². The van der Waals surface area contributed by atoms with Crippen molar-refractivity contribution in [2.75, 3.05) is 11.9 Å². The van der Waals surface area contributed by atoms with E-state index in [0.717, 1.165) is 4.47 Å². The molecule has 0 unspecified atom stereocenters. The van der Waals surface area contributed by atoms with Crippen LogP contribution in [0.3, 0.4) is 0 Å². The molecule has 0 heterocycles. The Bertz CT molecular complexity index is 660. The molecule has 0 aliphatic carbocycles. The SMILES string of the molecule is O=C(COC(=O)[C@@H](O)c1ccccc1)Nc1ccccc1Br. The van der Waals surface area contributed by atoms with Gasteiger partial charge in [-0.25, -0.2) is 4.79 Å². The molecule has 22 heavy (non-hydrogen) atoms. The zero-order valence-electron chi connectivity index (χ0n) is 11.5. The van der Waals surface area contributed by atoms with Crippen LogP contribution in [0.4, 0.5) is 5.69 Å². The van der Waals surface area contributed by atoms with Gasteiger partial charge in [0.05, 0.1) is 5.69 Å². The highest BCUT2D eigenvalue weighted by Crippen LogP contribution is 2.21. The summed E-state index contributed by atoms with van der Waals surface area (Å²) < 4.78 is 5.54. The van der Waals surface area contributed by atoms with Gasteiger partial charge in [-0.05, 0) is 33.6 Å². The predicted octanol–water partition coefficient (Wildman–Crippen LogP) is 2.66. The van der Waals surface area contributed by atoms with E-state index in [-0.39, 0.29) is 0 Å². The van der Waals surface area contributed by atoms with E-state index in [1.54, 1.807) is 48.5 Å². The Hall–Kier alpha value is -2.18. The lowest BCUT2D eigenvalue weighted by atomic mass is 10.1. The number of benzene rings is 2. The third-order valence-corrected chi connectivity index (χ3v) is 3.52. The number of hydrogen-bond acceptors (Lipinski definition) is 4. The molecule has 2 rings (SSSR count). The van der Waals surface area contributed by atoms with Gasteiger partial charge in [-0.2, -0.15) is 0 Å². The molecule has 0 saturated heterocycles. The van der Waals surface area contributed by atoms with Crippen molar-refractivity contribution in [1.82, 2.24) is 0 Å². The van der Waals surface area contributed by atoms with E-state index in [9.17, 15) is 14.7 Å². The molecule has 1 atom stereocenters. The normalized spacial score (nSPS) is 11.5. The zero-order chi connectivity index (χ0) is 15.9. The lowest BCUT2D eigenvalue weighted by molar-refractivity contribution is -0.156. The maximum atomic E-state index is 11.7. The van der Waals surface area contributed by atoms with Gasteiger partial charge >= 0.3 is 5.97 Å². The van der Waals surface area contributed by atoms with Crippen LogP contribution >= 0.6 is 15.9 Å². The Morgan fingerprint density at radius 2 is 1.73 bits per heavy atom. The Balaban J connectivity index is 1.86. The summed E-state index contributed by atoms with van der Waals surface area (Å²) in [4.78, 5) is 23.4. The highest BCUT2D eigenvalue weighted by atomic mass is 79.9. The van der Waals surface area contributed by atoms with Crippen LogP contribution < -0.4 is 5.32 Å². The van der Waals surface area contributed by atoms with E-state index in [1.165, 1.54) is 0 Å². The van der Waals surface area contributed by atoms with Crippen molar-refractivity contribution in [2.45, 2.75) is 6.10 Å². The predicted molar refractivity (Wildman–Crippen MR) is 85.1 cm³/mol. The van der Waals surface area contributed by atoms with Gasteiger partial charge in [0, 0.05) is 4.47 Å². The smallest absolute Gasteiger partial charge is 0.340 e. The molecule has 2 N–H and O–H groups in total. The summed E-state index contributed by atoms with van der Waals surface area (Å²) in [5, 5.41) is 12.4. The summed E-state index contributed by atoms with van der Waals surface area (Å²) in [6, 6.07) is 15.5. The molecule has 2 aromatic carbocycles. The van der Waals surface area contributed by atoms with Crippen molar-refractivity contribution in [3.63, 3.8) is 0 Å². The zero-order valence-corrected chi connectivity index (χ0v) is 13.1. The van der Waals surface area contributed by atoms with Crippen molar-refractivity contribution in [3.8, 4) is 0 Å². The first-order valence-corrected chi connectivity index (χ1v) is 7.31. The molecule has 0 spiro atoms. The molecule has 5 nitrogen and oxygen atoms in total. The van der Waals surface area contributed by atoms with Crippen LogP contribution in [0, 0.1) is 0 Å². The Labute approximate surface area is 136 Å². The molecule has 6 heteroatoms. The van der Waals surface area contributed by atoms with Gasteiger partial charge in [-0.15, -0.1) is 0 Å². The second-order valence-corrected chi connectivity index (χ2v) is 5.30. The van der Waals surface area contributed by atoms with Crippen molar-refractivity contribution in [2.24, 2.45) is 0 Å². The number of hydrogen-bond donors (Lipinski definition) is 2. The van der Waals surface area contributed by atoms with Gasteiger partial charge in [-0.3, -0.25) is 4.79 Å². The summed E-state index contributed by atoms with van der Waals surface area (Å²) >= 11 is 3.30. The molecule has 2 aromatic rings. The third kappa shape index (κ3) is 4.41.